The summed E-state index contributed by atoms with van der Waals surface area (Å²) in [7, 11) is 0. The summed E-state index contributed by atoms with van der Waals surface area (Å²) < 4.78 is 38.8. The molecule has 0 aliphatic heterocycles. The van der Waals surface area contributed by atoms with Crippen molar-refractivity contribution in [2.24, 2.45) is 5.41 Å². The molecule has 0 saturated heterocycles. The van der Waals surface area contributed by atoms with Crippen molar-refractivity contribution >= 4 is 5.69 Å². The standard InChI is InChI=1S/C16H19F3N2/c1-15(2)7-5-12(6-8-15)21-13-4-3-11(10-20)14(9-13)16(17,18)19/h3-4,9,12,21H,5-8H2,1-2H3. The number of nitrogens with zero attached hydrogens (tertiary/aromatic N) is 1. The lowest BCUT2D eigenvalue weighted by Gasteiger charge is -2.35. The van der Waals surface area contributed by atoms with Crippen LogP contribution in [0.3, 0.4) is 0 Å². The Morgan fingerprint density at radius 1 is 1.24 bits per heavy atom. The summed E-state index contributed by atoms with van der Waals surface area (Å²) >= 11 is 0. The number of anilines is 1. The third-order valence-corrected chi connectivity index (χ3v) is 4.16. The largest absolute Gasteiger partial charge is 0.417 e. The number of nitrogens with one attached hydrogen (secondary N) is 1. The van der Waals surface area contributed by atoms with Gasteiger partial charge in [0.15, 0.2) is 0 Å². The van der Waals surface area contributed by atoms with E-state index in [2.05, 4.69) is 19.2 Å². The van der Waals surface area contributed by atoms with Crippen molar-refractivity contribution < 1.29 is 13.2 Å². The maximum atomic E-state index is 12.9. The molecule has 0 atom stereocenters. The van der Waals surface area contributed by atoms with Crippen molar-refractivity contribution in [3.8, 4) is 6.07 Å². The molecule has 1 aromatic rings. The highest BCUT2D eigenvalue weighted by atomic mass is 19.4. The van der Waals surface area contributed by atoms with Crippen LogP contribution in [0.5, 0.6) is 0 Å². The van der Waals surface area contributed by atoms with Crippen LogP contribution >= 0.6 is 0 Å². The molecule has 2 nitrogen and oxygen atoms in total. The molecule has 2 rings (SSSR count). The highest BCUT2D eigenvalue weighted by Crippen LogP contribution is 2.37. The number of nitriles is 1. The Morgan fingerprint density at radius 2 is 1.86 bits per heavy atom. The lowest BCUT2D eigenvalue weighted by Crippen LogP contribution is -2.29. The molecule has 114 valence electrons. The van der Waals surface area contributed by atoms with E-state index in [1.54, 1.807) is 12.1 Å². The number of hydrogen-bond acceptors (Lipinski definition) is 2. The van der Waals surface area contributed by atoms with Gasteiger partial charge in [-0.25, -0.2) is 0 Å². The molecule has 0 unspecified atom stereocenters. The second-order valence-corrected chi connectivity index (χ2v) is 6.45. The fraction of sp³-hybridized carbons (Fsp3) is 0.562. The van der Waals surface area contributed by atoms with Crippen LogP contribution in [0, 0.1) is 16.7 Å². The molecule has 0 aromatic heterocycles. The van der Waals surface area contributed by atoms with E-state index in [9.17, 15) is 13.2 Å². The van der Waals surface area contributed by atoms with Gasteiger partial charge in [0.2, 0.25) is 0 Å². The molecule has 0 amide bonds. The highest BCUT2D eigenvalue weighted by Gasteiger charge is 2.34. The molecule has 1 fully saturated rings. The van der Waals surface area contributed by atoms with Crippen LogP contribution in [0.2, 0.25) is 0 Å². The minimum Gasteiger partial charge on any atom is -0.382 e. The zero-order valence-electron chi connectivity index (χ0n) is 12.2. The molecule has 1 aliphatic carbocycles. The molecule has 0 spiro atoms. The predicted octanol–water partition coefficient (Wildman–Crippen LogP) is 4.96. The van der Waals surface area contributed by atoms with Crippen LogP contribution < -0.4 is 5.32 Å². The zero-order valence-corrected chi connectivity index (χ0v) is 12.2. The Labute approximate surface area is 123 Å². The Hall–Kier alpha value is -1.70. The van der Waals surface area contributed by atoms with E-state index in [0.717, 1.165) is 31.7 Å². The quantitative estimate of drug-likeness (QED) is 0.837. The third-order valence-electron chi connectivity index (χ3n) is 4.16. The van der Waals surface area contributed by atoms with Crippen LogP contribution in [0.4, 0.5) is 18.9 Å². The van der Waals surface area contributed by atoms with Crippen molar-refractivity contribution in [1.29, 1.82) is 5.26 Å². The predicted molar refractivity (Wildman–Crippen MR) is 75.8 cm³/mol. The van der Waals surface area contributed by atoms with Gasteiger partial charge in [0.05, 0.1) is 17.2 Å². The van der Waals surface area contributed by atoms with Crippen LogP contribution in [0.15, 0.2) is 18.2 Å². The summed E-state index contributed by atoms with van der Waals surface area (Å²) in [6.07, 6.45) is -0.472. The first kappa shape index (κ1) is 15.7. The zero-order chi connectivity index (χ0) is 15.7. The lowest BCUT2D eigenvalue weighted by atomic mass is 9.75. The summed E-state index contributed by atoms with van der Waals surface area (Å²) in [5.41, 5.74) is -0.449. The van der Waals surface area contributed by atoms with E-state index in [-0.39, 0.29) is 11.6 Å². The number of benzene rings is 1. The molecule has 0 radical (unpaired) electrons. The third kappa shape index (κ3) is 3.90. The Balaban J connectivity index is 2.14. The molecule has 1 N–H and O–H groups in total. The van der Waals surface area contributed by atoms with Crippen molar-refractivity contribution in [3.05, 3.63) is 29.3 Å². The second-order valence-electron chi connectivity index (χ2n) is 6.45. The maximum absolute atomic E-state index is 12.9. The summed E-state index contributed by atoms with van der Waals surface area (Å²) in [5.74, 6) is 0. The van der Waals surface area contributed by atoms with Crippen LogP contribution in [-0.2, 0) is 6.18 Å². The van der Waals surface area contributed by atoms with Gasteiger partial charge < -0.3 is 5.32 Å². The normalized spacial score (nSPS) is 19.0. The average Bonchev–Trinajstić information content (AvgIpc) is 2.40. The van der Waals surface area contributed by atoms with E-state index in [0.29, 0.717) is 11.1 Å². The van der Waals surface area contributed by atoms with E-state index in [1.807, 2.05) is 0 Å². The molecule has 0 heterocycles. The maximum Gasteiger partial charge on any atom is 0.417 e. The lowest BCUT2D eigenvalue weighted by molar-refractivity contribution is -0.137. The van der Waals surface area contributed by atoms with Gasteiger partial charge in [-0.1, -0.05) is 13.8 Å². The molecule has 21 heavy (non-hydrogen) atoms. The van der Waals surface area contributed by atoms with Crippen molar-refractivity contribution in [3.63, 3.8) is 0 Å². The first-order valence-electron chi connectivity index (χ1n) is 7.09. The highest BCUT2D eigenvalue weighted by molar-refractivity contribution is 5.53. The molecular formula is C16H19F3N2. The SMILES string of the molecule is CC1(C)CCC(Nc2ccc(C#N)c(C(F)(F)F)c2)CC1. The van der Waals surface area contributed by atoms with E-state index >= 15 is 0 Å². The smallest absolute Gasteiger partial charge is 0.382 e. The monoisotopic (exact) mass is 296 g/mol. The number of alkyl halides is 3. The Morgan fingerprint density at radius 3 is 2.38 bits per heavy atom. The van der Waals surface area contributed by atoms with Gasteiger partial charge in [-0.15, -0.1) is 0 Å². The fourth-order valence-electron chi connectivity index (χ4n) is 2.75. The minimum absolute atomic E-state index is 0.201. The van der Waals surface area contributed by atoms with Gasteiger partial charge in [0.25, 0.3) is 0 Å². The molecule has 1 aromatic carbocycles. The summed E-state index contributed by atoms with van der Waals surface area (Å²) in [4.78, 5) is 0. The van der Waals surface area contributed by atoms with Crippen LogP contribution in [0.1, 0.15) is 50.7 Å². The van der Waals surface area contributed by atoms with Gasteiger partial charge in [0, 0.05) is 11.7 Å². The molecule has 5 heteroatoms. The molecule has 1 aliphatic rings. The second kappa shape index (κ2) is 5.59. The van der Waals surface area contributed by atoms with Crippen molar-refractivity contribution in [1.82, 2.24) is 0 Å². The van der Waals surface area contributed by atoms with Crippen molar-refractivity contribution in [2.45, 2.75) is 51.7 Å². The first-order chi connectivity index (χ1) is 9.71. The van der Waals surface area contributed by atoms with E-state index < -0.39 is 11.7 Å². The Bertz CT molecular complexity index is 546. The van der Waals surface area contributed by atoms with E-state index in [4.69, 9.17) is 5.26 Å². The van der Waals surface area contributed by atoms with Gasteiger partial charge in [-0.3, -0.25) is 0 Å². The summed E-state index contributed by atoms with van der Waals surface area (Å²) in [5, 5.41) is 12.0. The van der Waals surface area contributed by atoms with Crippen LogP contribution in [-0.4, -0.2) is 6.04 Å². The first-order valence-corrected chi connectivity index (χ1v) is 7.09. The number of halogens is 3. The summed E-state index contributed by atoms with van der Waals surface area (Å²) in [6.45, 7) is 4.43. The summed E-state index contributed by atoms with van der Waals surface area (Å²) in [6, 6.07) is 5.62. The van der Waals surface area contributed by atoms with Crippen molar-refractivity contribution in [2.75, 3.05) is 5.32 Å². The van der Waals surface area contributed by atoms with Gasteiger partial charge in [-0.2, -0.15) is 18.4 Å². The van der Waals surface area contributed by atoms with Gasteiger partial charge >= 0.3 is 6.18 Å². The van der Waals surface area contributed by atoms with Gasteiger partial charge in [0.1, 0.15) is 0 Å². The molecule has 0 bridgehead atoms. The van der Waals surface area contributed by atoms with Gasteiger partial charge in [-0.05, 0) is 49.3 Å². The van der Waals surface area contributed by atoms with E-state index in [1.165, 1.54) is 6.07 Å². The number of rotatable bonds is 2. The molecule has 1 saturated carbocycles. The Kier molecular flexibility index (Phi) is 4.18. The molecular weight excluding hydrogens is 277 g/mol. The average molecular weight is 296 g/mol. The minimum atomic E-state index is -4.50. The fourth-order valence-corrected chi connectivity index (χ4v) is 2.75. The topological polar surface area (TPSA) is 35.8 Å². The number of hydrogen-bond donors (Lipinski definition) is 1. The van der Waals surface area contributed by atoms with Crippen LogP contribution in [0.25, 0.3) is 0 Å².